The predicted octanol–water partition coefficient (Wildman–Crippen LogP) is 3.80. The number of hydrogen-bond acceptors (Lipinski definition) is 6. The fourth-order valence-electron chi connectivity index (χ4n) is 4.92. The lowest BCUT2D eigenvalue weighted by Crippen LogP contribution is -2.45. The van der Waals surface area contributed by atoms with Gasteiger partial charge in [-0.3, -0.25) is 9.69 Å². The summed E-state index contributed by atoms with van der Waals surface area (Å²) in [7, 11) is 4.94. The number of carbonyl (C=O) groups excluding carboxylic acids is 1. The van der Waals surface area contributed by atoms with Gasteiger partial charge in [0.1, 0.15) is 23.1 Å². The monoisotopic (exact) mass is 472 g/mol. The summed E-state index contributed by atoms with van der Waals surface area (Å²) in [6.07, 6.45) is 3.73. The van der Waals surface area contributed by atoms with Gasteiger partial charge in [-0.15, -0.1) is 0 Å². The number of carbonyl (C=O) groups is 1. The van der Waals surface area contributed by atoms with Gasteiger partial charge in [0.2, 0.25) is 0 Å². The van der Waals surface area contributed by atoms with E-state index in [1.54, 1.807) is 27.4 Å². The van der Waals surface area contributed by atoms with Crippen LogP contribution in [0.3, 0.4) is 0 Å². The van der Waals surface area contributed by atoms with Gasteiger partial charge in [0.25, 0.3) is 5.91 Å². The number of benzene rings is 2. The number of ether oxygens (including phenoxy) is 4. The molecule has 0 radical (unpaired) electrons. The van der Waals surface area contributed by atoms with E-state index in [0.29, 0.717) is 17.9 Å². The number of amides is 1. The average Bonchev–Trinajstić information content (AvgIpc) is 3.26. The number of halogens is 1. The van der Waals surface area contributed by atoms with Gasteiger partial charge in [-0.1, -0.05) is 6.07 Å². The molecule has 4 rings (SSSR count). The van der Waals surface area contributed by atoms with Crippen LogP contribution in [-0.2, 0) is 11.3 Å². The van der Waals surface area contributed by atoms with Crippen molar-refractivity contribution in [2.24, 2.45) is 0 Å². The molecule has 7 nitrogen and oxygen atoms in total. The first-order chi connectivity index (χ1) is 16.4. The zero-order chi connectivity index (χ0) is 24.1. The van der Waals surface area contributed by atoms with Gasteiger partial charge in [0.15, 0.2) is 0 Å². The van der Waals surface area contributed by atoms with Crippen molar-refractivity contribution in [2.45, 2.75) is 43.9 Å². The highest BCUT2D eigenvalue weighted by molar-refractivity contribution is 5.94. The van der Waals surface area contributed by atoms with Gasteiger partial charge in [0.05, 0.1) is 38.6 Å². The largest absolute Gasteiger partial charge is 0.496 e. The smallest absolute Gasteiger partial charge is 0.251 e. The topological polar surface area (TPSA) is 69.3 Å². The van der Waals surface area contributed by atoms with Gasteiger partial charge in [-0.05, 0) is 43.9 Å². The fraction of sp³-hybridized carbons (Fsp3) is 0.500. The van der Waals surface area contributed by atoms with Crippen molar-refractivity contribution in [3.8, 4) is 17.2 Å². The molecule has 0 aromatic heterocycles. The molecule has 1 N–H and O–H groups in total. The summed E-state index contributed by atoms with van der Waals surface area (Å²) >= 11 is 0. The van der Waals surface area contributed by atoms with Crippen LogP contribution in [0.2, 0.25) is 0 Å². The van der Waals surface area contributed by atoms with E-state index in [0.717, 1.165) is 62.4 Å². The van der Waals surface area contributed by atoms with Crippen LogP contribution in [-0.4, -0.2) is 63.5 Å². The normalized spacial score (nSPS) is 19.7. The summed E-state index contributed by atoms with van der Waals surface area (Å²) in [5.74, 6) is 1.51. The Morgan fingerprint density at radius 2 is 1.79 bits per heavy atom. The molecule has 0 saturated carbocycles. The Morgan fingerprint density at radius 1 is 1.09 bits per heavy atom. The Bertz CT molecular complexity index is 981. The van der Waals surface area contributed by atoms with E-state index in [1.165, 1.54) is 18.2 Å². The standard InChI is InChI=1S/C26H33FN2O5/c1-31-21-14-23(32-2)22(24(15-21)33-3)17-29-11-9-26(10-12-29)8-7-20(34-26)16-28-25(30)18-5-4-6-19(27)13-18/h4-6,13-15,20H,7-12,16-17H2,1-3H3,(H,28,30)/t20-/m1/s1. The van der Waals surface area contributed by atoms with Crippen LogP contribution < -0.4 is 19.5 Å². The number of nitrogens with zero attached hydrogens (tertiary/aromatic N) is 1. The van der Waals surface area contributed by atoms with Gasteiger partial charge < -0.3 is 24.3 Å². The minimum atomic E-state index is -0.416. The number of methoxy groups -OCH3 is 3. The van der Waals surface area contributed by atoms with Crippen LogP contribution in [0.4, 0.5) is 4.39 Å². The van der Waals surface area contributed by atoms with Crippen molar-refractivity contribution >= 4 is 5.91 Å². The Morgan fingerprint density at radius 3 is 2.41 bits per heavy atom. The first-order valence-electron chi connectivity index (χ1n) is 11.7. The molecule has 34 heavy (non-hydrogen) atoms. The van der Waals surface area contributed by atoms with Crippen LogP contribution in [0.1, 0.15) is 41.6 Å². The lowest BCUT2D eigenvalue weighted by atomic mass is 9.88. The number of hydrogen-bond donors (Lipinski definition) is 1. The molecular weight excluding hydrogens is 439 g/mol. The third-order valence-electron chi connectivity index (χ3n) is 6.88. The predicted molar refractivity (Wildman–Crippen MR) is 126 cm³/mol. The fourth-order valence-corrected chi connectivity index (χ4v) is 4.92. The summed E-state index contributed by atoms with van der Waals surface area (Å²) in [6, 6.07) is 9.48. The maximum atomic E-state index is 13.4. The number of rotatable bonds is 8. The third kappa shape index (κ3) is 5.45. The zero-order valence-corrected chi connectivity index (χ0v) is 20.1. The molecule has 2 aliphatic rings. The zero-order valence-electron chi connectivity index (χ0n) is 20.1. The Labute approximate surface area is 200 Å². The molecule has 0 unspecified atom stereocenters. The summed E-state index contributed by atoms with van der Waals surface area (Å²) in [5.41, 5.74) is 1.19. The second-order valence-corrected chi connectivity index (χ2v) is 8.97. The highest BCUT2D eigenvalue weighted by Gasteiger charge is 2.42. The summed E-state index contributed by atoms with van der Waals surface area (Å²) < 4.78 is 36.3. The maximum absolute atomic E-state index is 13.4. The molecule has 2 saturated heterocycles. The summed E-state index contributed by atoms with van der Waals surface area (Å²) in [6.45, 7) is 2.96. The average molecular weight is 473 g/mol. The SMILES string of the molecule is COc1cc(OC)c(CN2CCC3(CC[C@H](CNC(=O)c4cccc(F)c4)O3)CC2)c(OC)c1. The van der Waals surface area contributed by atoms with Crippen molar-refractivity contribution in [1.29, 1.82) is 0 Å². The van der Waals surface area contributed by atoms with Crippen molar-refractivity contribution in [1.82, 2.24) is 10.2 Å². The summed E-state index contributed by atoms with van der Waals surface area (Å²) in [4.78, 5) is 14.7. The van der Waals surface area contributed by atoms with E-state index in [-0.39, 0.29) is 17.6 Å². The van der Waals surface area contributed by atoms with Gasteiger partial charge in [-0.2, -0.15) is 0 Å². The van der Waals surface area contributed by atoms with Crippen molar-refractivity contribution in [3.05, 3.63) is 53.3 Å². The van der Waals surface area contributed by atoms with Crippen LogP contribution >= 0.6 is 0 Å². The highest BCUT2D eigenvalue weighted by atomic mass is 19.1. The van der Waals surface area contributed by atoms with Gasteiger partial charge in [-0.25, -0.2) is 4.39 Å². The van der Waals surface area contributed by atoms with E-state index in [1.807, 2.05) is 12.1 Å². The van der Waals surface area contributed by atoms with Crippen molar-refractivity contribution in [2.75, 3.05) is 41.0 Å². The van der Waals surface area contributed by atoms with E-state index in [4.69, 9.17) is 18.9 Å². The number of piperidine rings is 1. The minimum absolute atomic E-state index is 0.0224. The third-order valence-corrected chi connectivity index (χ3v) is 6.88. The molecule has 1 amide bonds. The summed E-state index contributed by atoms with van der Waals surface area (Å²) in [5, 5.41) is 2.89. The molecule has 2 aromatic rings. The van der Waals surface area contributed by atoms with Gasteiger partial charge >= 0.3 is 0 Å². The molecule has 1 atom stereocenters. The maximum Gasteiger partial charge on any atom is 0.251 e. The van der Waals surface area contributed by atoms with Crippen LogP contribution in [0.25, 0.3) is 0 Å². The number of nitrogens with one attached hydrogen (secondary N) is 1. The van der Waals surface area contributed by atoms with Crippen molar-refractivity contribution < 1.29 is 28.1 Å². The van der Waals surface area contributed by atoms with E-state index in [9.17, 15) is 9.18 Å². The van der Waals surface area contributed by atoms with E-state index >= 15 is 0 Å². The lowest BCUT2D eigenvalue weighted by molar-refractivity contribution is -0.0765. The van der Waals surface area contributed by atoms with E-state index in [2.05, 4.69) is 10.2 Å². The Hall–Kier alpha value is -2.84. The first kappa shape index (κ1) is 24.3. The molecule has 2 heterocycles. The van der Waals surface area contributed by atoms with Crippen LogP contribution in [0.15, 0.2) is 36.4 Å². The van der Waals surface area contributed by atoms with Crippen LogP contribution in [0, 0.1) is 5.82 Å². The molecule has 0 bridgehead atoms. The Kier molecular flexibility index (Phi) is 7.58. The Balaban J connectivity index is 1.30. The molecule has 0 aliphatic carbocycles. The van der Waals surface area contributed by atoms with E-state index < -0.39 is 5.82 Å². The molecule has 2 aliphatic heterocycles. The molecule has 8 heteroatoms. The van der Waals surface area contributed by atoms with Gasteiger partial charge in [0, 0.05) is 43.9 Å². The number of likely N-dealkylation sites (tertiary alicyclic amines) is 1. The molecule has 2 fully saturated rings. The quantitative estimate of drug-likeness (QED) is 0.631. The lowest BCUT2D eigenvalue weighted by Gasteiger charge is -2.39. The highest BCUT2D eigenvalue weighted by Crippen LogP contribution is 2.40. The molecule has 1 spiro atoms. The van der Waals surface area contributed by atoms with Crippen LogP contribution in [0.5, 0.6) is 17.2 Å². The molecular formula is C26H33FN2O5. The second-order valence-electron chi connectivity index (χ2n) is 8.97. The molecule has 184 valence electrons. The minimum Gasteiger partial charge on any atom is -0.496 e. The second kappa shape index (κ2) is 10.6. The first-order valence-corrected chi connectivity index (χ1v) is 11.7. The van der Waals surface area contributed by atoms with Crippen molar-refractivity contribution in [3.63, 3.8) is 0 Å². The molecule has 2 aromatic carbocycles.